The Labute approximate surface area is 114 Å². The number of anilines is 1. The lowest BCUT2D eigenvalue weighted by Crippen LogP contribution is -2.20. The van der Waals surface area contributed by atoms with Crippen LogP contribution in [0.25, 0.3) is 0 Å². The number of hydrogen-bond acceptors (Lipinski definition) is 3. The molecule has 9 heteroatoms. The Balaban J connectivity index is 2.74. The minimum absolute atomic E-state index is 0.0353. The van der Waals surface area contributed by atoms with Gasteiger partial charge in [0.1, 0.15) is 5.82 Å². The van der Waals surface area contributed by atoms with Gasteiger partial charge in [0.05, 0.1) is 11.4 Å². The van der Waals surface area contributed by atoms with Gasteiger partial charge >= 0.3 is 6.18 Å². The Morgan fingerprint density at radius 3 is 2.45 bits per heavy atom. The second kappa shape index (κ2) is 6.40. The summed E-state index contributed by atoms with van der Waals surface area (Å²) in [4.78, 5) is 0. The van der Waals surface area contributed by atoms with E-state index in [1.54, 1.807) is 0 Å². The fourth-order valence-corrected chi connectivity index (χ4v) is 2.70. The third-order valence-electron chi connectivity index (χ3n) is 2.46. The number of nitrogens with two attached hydrogens (primary N) is 1. The van der Waals surface area contributed by atoms with Crippen LogP contribution in [0.4, 0.5) is 23.2 Å². The van der Waals surface area contributed by atoms with Gasteiger partial charge in [-0.2, -0.15) is 13.2 Å². The van der Waals surface area contributed by atoms with E-state index in [1.165, 1.54) is 12.1 Å². The van der Waals surface area contributed by atoms with E-state index >= 15 is 0 Å². The van der Waals surface area contributed by atoms with Crippen molar-refractivity contribution in [3.8, 4) is 0 Å². The molecular formula is C11H14F4N2O2S. The van der Waals surface area contributed by atoms with Crippen LogP contribution in [0.5, 0.6) is 0 Å². The Morgan fingerprint density at radius 2 is 1.90 bits per heavy atom. The minimum Gasteiger partial charge on any atom is -0.326 e. The summed E-state index contributed by atoms with van der Waals surface area (Å²) in [5.74, 6) is -1.38. The highest BCUT2D eigenvalue weighted by atomic mass is 32.2. The van der Waals surface area contributed by atoms with Gasteiger partial charge in [0.15, 0.2) is 0 Å². The molecule has 1 aromatic rings. The quantitative estimate of drug-likeness (QED) is 0.792. The predicted molar refractivity (Wildman–Crippen MR) is 67.0 cm³/mol. The molecule has 0 bridgehead atoms. The van der Waals surface area contributed by atoms with E-state index < -0.39 is 40.6 Å². The topological polar surface area (TPSA) is 72.2 Å². The first-order chi connectivity index (χ1) is 9.14. The van der Waals surface area contributed by atoms with Crippen molar-refractivity contribution in [3.63, 3.8) is 0 Å². The summed E-state index contributed by atoms with van der Waals surface area (Å²) in [6.45, 7) is -0.229. The molecule has 0 amide bonds. The highest BCUT2D eigenvalue weighted by Gasteiger charge is 2.27. The van der Waals surface area contributed by atoms with Crippen LogP contribution >= 0.6 is 0 Å². The van der Waals surface area contributed by atoms with Gasteiger partial charge in [0, 0.05) is 18.5 Å². The predicted octanol–water partition coefficient (Wildman–Crippen LogP) is 2.37. The maximum Gasteiger partial charge on any atom is 0.389 e. The minimum atomic E-state index is -4.41. The van der Waals surface area contributed by atoms with Gasteiger partial charge in [-0.15, -0.1) is 0 Å². The molecule has 114 valence electrons. The number of sulfonamides is 1. The van der Waals surface area contributed by atoms with Crippen LogP contribution < -0.4 is 10.5 Å². The standard InChI is InChI=1S/C11H14F4N2O2S/c12-9-3-1-4-10(8(9)7-16)17-20(18,19)6-2-5-11(13,14)15/h1,3-4,17H,2,5-7,16H2. The molecule has 0 atom stereocenters. The highest BCUT2D eigenvalue weighted by Crippen LogP contribution is 2.23. The lowest BCUT2D eigenvalue weighted by Gasteiger charge is -2.12. The molecule has 0 spiro atoms. The summed E-state index contributed by atoms with van der Waals surface area (Å²) >= 11 is 0. The first kappa shape index (κ1) is 16.7. The first-order valence-electron chi connectivity index (χ1n) is 5.69. The molecule has 20 heavy (non-hydrogen) atoms. The number of halogens is 4. The smallest absolute Gasteiger partial charge is 0.326 e. The number of rotatable bonds is 6. The normalized spacial score (nSPS) is 12.4. The molecule has 0 fully saturated rings. The molecule has 0 radical (unpaired) electrons. The summed E-state index contributed by atoms with van der Waals surface area (Å²) in [6.07, 6.45) is -6.16. The van der Waals surface area contributed by atoms with Gasteiger partial charge in [-0.1, -0.05) is 6.07 Å². The Bertz CT molecular complexity index is 558. The second-order valence-corrected chi connectivity index (χ2v) is 5.95. The third-order valence-corrected chi connectivity index (χ3v) is 3.82. The monoisotopic (exact) mass is 314 g/mol. The molecule has 0 heterocycles. The summed E-state index contributed by atoms with van der Waals surface area (Å²) in [5, 5.41) is 0. The van der Waals surface area contributed by atoms with Gasteiger partial charge in [-0.05, 0) is 18.6 Å². The lowest BCUT2D eigenvalue weighted by molar-refractivity contribution is -0.134. The van der Waals surface area contributed by atoms with E-state index in [0.29, 0.717) is 0 Å². The van der Waals surface area contributed by atoms with Crippen molar-refractivity contribution in [1.29, 1.82) is 0 Å². The molecule has 0 aromatic heterocycles. The average Bonchev–Trinajstić information content (AvgIpc) is 2.26. The van der Waals surface area contributed by atoms with E-state index in [-0.39, 0.29) is 17.8 Å². The SMILES string of the molecule is NCc1c(F)cccc1NS(=O)(=O)CCCC(F)(F)F. The van der Waals surface area contributed by atoms with Crippen molar-refractivity contribution >= 4 is 15.7 Å². The van der Waals surface area contributed by atoms with Gasteiger partial charge in [0.2, 0.25) is 10.0 Å². The Kier molecular flexibility index (Phi) is 5.35. The number of nitrogens with one attached hydrogen (secondary N) is 1. The van der Waals surface area contributed by atoms with Gasteiger partial charge in [-0.25, -0.2) is 12.8 Å². The van der Waals surface area contributed by atoms with Crippen LogP contribution in [0.2, 0.25) is 0 Å². The lowest BCUT2D eigenvalue weighted by atomic mass is 10.2. The molecule has 1 rings (SSSR count). The molecule has 3 N–H and O–H groups in total. The maximum atomic E-state index is 13.4. The van der Waals surface area contributed by atoms with Gasteiger partial charge < -0.3 is 5.73 Å². The summed E-state index contributed by atoms with van der Waals surface area (Å²) < 4.78 is 74.5. The summed E-state index contributed by atoms with van der Waals surface area (Å²) in [6, 6.07) is 3.69. The number of hydrogen-bond donors (Lipinski definition) is 2. The van der Waals surface area contributed by atoms with Crippen molar-refractivity contribution in [2.24, 2.45) is 5.73 Å². The molecule has 4 nitrogen and oxygen atoms in total. The zero-order chi connectivity index (χ0) is 15.4. The summed E-state index contributed by atoms with van der Waals surface area (Å²) in [7, 11) is -3.98. The van der Waals surface area contributed by atoms with Gasteiger partial charge in [-0.3, -0.25) is 4.72 Å². The first-order valence-corrected chi connectivity index (χ1v) is 7.34. The third kappa shape index (κ3) is 5.33. The van der Waals surface area contributed by atoms with Crippen molar-refractivity contribution in [1.82, 2.24) is 0 Å². The average molecular weight is 314 g/mol. The zero-order valence-corrected chi connectivity index (χ0v) is 11.2. The van der Waals surface area contributed by atoms with Crippen molar-refractivity contribution < 1.29 is 26.0 Å². The maximum absolute atomic E-state index is 13.4. The summed E-state index contributed by atoms with van der Waals surface area (Å²) in [5.41, 5.74) is 5.21. The van der Waals surface area contributed by atoms with E-state index in [4.69, 9.17) is 5.73 Å². The molecule has 0 aliphatic rings. The highest BCUT2D eigenvalue weighted by molar-refractivity contribution is 7.92. The van der Waals surface area contributed by atoms with Crippen LogP contribution in [0, 0.1) is 5.82 Å². The fraction of sp³-hybridized carbons (Fsp3) is 0.455. The fourth-order valence-electron chi connectivity index (χ4n) is 1.54. The van der Waals surface area contributed by atoms with Crippen LogP contribution in [-0.2, 0) is 16.6 Å². The molecule has 0 aliphatic heterocycles. The molecule has 0 unspecified atom stereocenters. The van der Waals surface area contributed by atoms with Crippen molar-refractivity contribution in [3.05, 3.63) is 29.6 Å². The van der Waals surface area contributed by atoms with Crippen LogP contribution in [0.15, 0.2) is 18.2 Å². The van der Waals surface area contributed by atoms with Crippen molar-refractivity contribution in [2.45, 2.75) is 25.6 Å². The van der Waals surface area contributed by atoms with Crippen LogP contribution in [0.1, 0.15) is 18.4 Å². The molecular weight excluding hydrogens is 300 g/mol. The number of benzene rings is 1. The number of alkyl halides is 3. The Hall–Kier alpha value is -1.35. The Morgan fingerprint density at radius 1 is 1.25 bits per heavy atom. The van der Waals surface area contributed by atoms with Crippen LogP contribution in [0.3, 0.4) is 0 Å². The largest absolute Gasteiger partial charge is 0.389 e. The molecule has 0 saturated carbocycles. The van der Waals surface area contributed by atoms with E-state index in [0.717, 1.165) is 6.07 Å². The molecule has 0 aliphatic carbocycles. The van der Waals surface area contributed by atoms with E-state index in [2.05, 4.69) is 0 Å². The second-order valence-electron chi connectivity index (χ2n) is 4.11. The molecule has 1 aromatic carbocycles. The molecule has 0 saturated heterocycles. The van der Waals surface area contributed by atoms with E-state index in [1.807, 2.05) is 4.72 Å². The van der Waals surface area contributed by atoms with E-state index in [9.17, 15) is 26.0 Å². The van der Waals surface area contributed by atoms with Crippen LogP contribution in [-0.4, -0.2) is 20.3 Å². The van der Waals surface area contributed by atoms with Gasteiger partial charge in [0.25, 0.3) is 0 Å². The zero-order valence-electron chi connectivity index (χ0n) is 10.4. The van der Waals surface area contributed by atoms with Crippen molar-refractivity contribution in [2.75, 3.05) is 10.5 Å².